The van der Waals surface area contributed by atoms with Gasteiger partial charge in [0.25, 0.3) is 0 Å². The highest BCUT2D eigenvalue weighted by atomic mass is 16.1. The lowest BCUT2D eigenvalue weighted by Gasteiger charge is -2.16. The Morgan fingerprint density at radius 1 is 1.26 bits per heavy atom. The molecule has 0 amide bonds. The maximum atomic E-state index is 12.5. The lowest BCUT2D eigenvalue weighted by Crippen LogP contribution is -2.13. The molecular formula is C18H20N4O. The number of aryl methyl sites for hydroxylation is 1. The Balaban J connectivity index is 1.93. The van der Waals surface area contributed by atoms with Crippen molar-refractivity contribution in [2.24, 2.45) is 7.05 Å². The van der Waals surface area contributed by atoms with Crippen molar-refractivity contribution in [3.63, 3.8) is 0 Å². The van der Waals surface area contributed by atoms with Crippen LogP contribution in [0.4, 0.5) is 0 Å². The van der Waals surface area contributed by atoms with Crippen molar-refractivity contribution >= 4 is 17.4 Å². The first kappa shape index (κ1) is 15.2. The Labute approximate surface area is 135 Å². The number of nitrogens with zero attached hydrogens (tertiary/aromatic N) is 4. The molecule has 3 heterocycles. The van der Waals surface area contributed by atoms with Crippen LogP contribution in [-0.4, -0.2) is 25.2 Å². The van der Waals surface area contributed by atoms with Crippen LogP contribution in [0.15, 0.2) is 42.9 Å². The molecule has 23 heavy (non-hydrogen) atoms. The Kier molecular flexibility index (Phi) is 3.64. The Morgan fingerprint density at radius 2 is 2.04 bits per heavy atom. The van der Waals surface area contributed by atoms with Gasteiger partial charge in [0.15, 0.2) is 5.78 Å². The summed E-state index contributed by atoms with van der Waals surface area (Å²) < 4.78 is 3.48. The quantitative estimate of drug-likeness (QED) is 0.551. The van der Waals surface area contributed by atoms with Crippen molar-refractivity contribution in [3.05, 3.63) is 59.7 Å². The molecule has 118 valence electrons. The fourth-order valence-electron chi connectivity index (χ4n) is 2.59. The van der Waals surface area contributed by atoms with Crippen LogP contribution >= 0.6 is 0 Å². The number of aromatic nitrogens is 4. The molecule has 0 aliphatic carbocycles. The van der Waals surface area contributed by atoms with E-state index in [1.54, 1.807) is 21.5 Å². The molecule has 0 aliphatic heterocycles. The zero-order valence-corrected chi connectivity index (χ0v) is 13.8. The summed E-state index contributed by atoms with van der Waals surface area (Å²) in [6.07, 6.45) is 8.80. The smallest absolute Gasteiger partial charge is 0.189 e. The maximum Gasteiger partial charge on any atom is 0.189 e. The van der Waals surface area contributed by atoms with Crippen molar-refractivity contribution < 1.29 is 4.79 Å². The van der Waals surface area contributed by atoms with Gasteiger partial charge in [0.05, 0.1) is 23.0 Å². The third kappa shape index (κ3) is 2.95. The number of carbonyl (C=O) groups excluding carboxylic acids is 1. The van der Waals surface area contributed by atoms with E-state index in [0.29, 0.717) is 5.56 Å². The number of carbonyl (C=O) groups is 1. The molecule has 0 saturated carbocycles. The second kappa shape index (κ2) is 5.50. The minimum Gasteiger partial charge on any atom is -0.289 e. The second-order valence-electron chi connectivity index (χ2n) is 6.64. The summed E-state index contributed by atoms with van der Waals surface area (Å²) in [5, 5.41) is 8.71. The van der Waals surface area contributed by atoms with Gasteiger partial charge in [-0.05, 0) is 24.3 Å². The van der Waals surface area contributed by atoms with Crippen LogP contribution < -0.4 is 0 Å². The van der Waals surface area contributed by atoms with E-state index < -0.39 is 0 Å². The number of fused-ring (bicyclic) bond motifs is 1. The summed E-state index contributed by atoms with van der Waals surface area (Å²) in [5.74, 6) is -0.0603. The lowest BCUT2D eigenvalue weighted by atomic mass is 9.89. The second-order valence-corrected chi connectivity index (χ2v) is 6.64. The highest BCUT2D eigenvalue weighted by Crippen LogP contribution is 2.25. The summed E-state index contributed by atoms with van der Waals surface area (Å²) in [6, 6.07) is 5.67. The van der Waals surface area contributed by atoms with Crippen molar-refractivity contribution in [2.75, 3.05) is 0 Å². The van der Waals surface area contributed by atoms with E-state index in [1.165, 1.54) is 0 Å². The van der Waals surface area contributed by atoms with E-state index in [2.05, 4.69) is 31.0 Å². The minimum absolute atomic E-state index is 0.0603. The molecule has 0 saturated heterocycles. The maximum absolute atomic E-state index is 12.5. The lowest BCUT2D eigenvalue weighted by molar-refractivity contribution is 0.104. The van der Waals surface area contributed by atoms with Crippen LogP contribution in [0.1, 0.15) is 42.4 Å². The zero-order chi connectivity index (χ0) is 16.6. The molecule has 3 aromatic rings. The SMILES string of the molecule is Cn1cc(/C=C/C(=O)c2cnn3ccccc23)c(C(C)(C)C)n1. The van der Waals surface area contributed by atoms with E-state index >= 15 is 0 Å². The van der Waals surface area contributed by atoms with Crippen LogP contribution in [0, 0.1) is 0 Å². The largest absolute Gasteiger partial charge is 0.289 e. The van der Waals surface area contributed by atoms with Crippen LogP contribution in [0.5, 0.6) is 0 Å². The zero-order valence-electron chi connectivity index (χ0n) is 13.8. The molecule has 0 aromatic carbocycles. The van der Waals surface area contributed by atoms with E-state index in [0.717, 1.165) is 16.8 Å². The average molecular weight is 308 g/mol. The summed E-state index contributed by atoms with van der Waals surface area (Å²) in [6.45, 7) is 6.33. The van der Waals surface area contributed by atoms with Crippen molar-refractivity contribution in [3.8, 4) is 0 Å². The van der Waals surface area contributed by atoms with Crippen LogP contribution in [0.2, 0.25) is 0 Å². The fraction of sp³-hybridized carbons (Fsp3) is 0.278. The number of rotatable bonds is 3. The first-order valence-corrected chi connectivity index (χ1v) is 7.55. The topological polar surface area (TPSA) is 52.2 Å². The molecule has 0 unspecified atom stereocenters. The molecule has 0 N–H and O–H groups in total. The Bertz CT molecular complexity index is 893. The molecule has 5 heteroatoms. The van der Waals surface area contributed by atoms with E-state index in [4.69, 9.17) is 0 Å². The fourth-order valence-corrected chi connectivity index (χ4v) is 2.59. The van der Waals surface area contributed by atoms with E-state index in [1.807, 2.05) is 43.7 Å². The van der Waals surface area contributed by atoms with Gasteiger partial charge >= 0.3 is 0 Å². The van der Waals surface area contributed by atoms with Gasteiger partial charge in [0.2, 0.25) is 0 Å². The molecule has 0 atom stereocenters. The molecule has 5 nitrogen and oxygen atoms in total. The van der Waals surface area contributed by atoms with E-state index in [-0.39, 0.29) is 11.2 Å². The summed E-state index contributed by atoms with van der Waals surface area (Å²) in [4.78, 5) is 12.5. The average Bonchev–Trinajstić information content (AvgIpc) is 3.07. The first-order chi connectivity index (χ1) is 10.9. The molecule has 0 fully saturated rings. The van der Waals surface area contributed by atoms with Crippen molar-refractivity contribution in [1.82, 2.24) is 19.4 Å². The van der Waals surface area contributed by atoms with E-state index in [9.17, 15) is 4.79 Å². The number of ketones is 1. The normalized spacial score (nSPS) is 12.3. The molecule has 0 aliphatic rings. The minimum atomic E-state index is -0.0750. The van der Waals surface area contributed by atoms with Gasteiger partial charge < -0.3 is 0 Å². The van der Waals surface area contributed by atoms with Crippen LogP contribution in [-0.2, 0) is 12.5 Å². The van der Waals surface area contributed by atoms with Gasteiger partial charge in [0, 0.05) is 30.4 Å². The van der Waals surface area contributed by atoms with Gasteiger partial charge in [-0.25, -0.2) is 4.52 Å². The molecular weight excluding hydrogens is 288 g/mol. The number of hydrogen-bond donors (Lipinski definition) is 0. The number of allylic oxidation sites excluding steroid dienone is 1. The first-order valence-electron chi connectivity index (χ1n) is 7.55. The third-order valence-corrected chi connectivity index (χ3v) is 3.67. The standard InChI is InChI=1S/C18H20N4O/c1-18(2,3)17-13(12-21(4)20-17)8-9-16(23)14-11-19-22-10-6-5-7-15(14)22/h5-12H,1-4H3/b9-8+. The van der Waals surface area contributed by atoms with Crippen molar-refractivity contribution in [2.45, 2.75) is 26.2 Å². The number of hydrogen-bond acceptors (Lipinski definition) is 3. The summed E-state index contributed by atoms with van der Waals surface area (Å²) in [7, 11) is 1.89. The summed E-state index contributed by atoms with van der Waals surface area (Å²) >= 11 is 0. The Morgan fingerprint density at radius 3 is 2.78 bits per heavy atom. The van der Waals surface area contributed by atoms with Gasteiger partial charge in [-0.1, -0.05) is 26.8 Å². The molecule has 0 radical (unpaired) electrons. The van der Waals surface area contributed by atoms with Gasteiger partial charge in [0.1, 0.15) is 0 Å². The predicted octanol–water partition coefficient (Wildman–Crippen LogP) is 3.26. The third-order valence-electron chi connectivity index (χ3n) is 3.67. The molecule has 3 rings (SSSR count). The highest BCUT2D eigenvalue weighted by Gasteiger charge is 2.20. The van der Waals surface area contributed by atoms with Gasteiger partial charge in [-0.3, -0.25) is 9.48 Å². The Hall–Kier alpha value is -2.69. The van der Waals surface area contributed by atoms with Crippen molar-refractivity contribution in [1.29, 1.82) is 0 Å². The molecule has 0 spiro atoms. The summed E-state index contributed by atoms with van der Waals surface area (Å²) in [5.41, 5.74) is 3.27. The van der Waals surface area contributed by atoms with Gasteiger partial charge in [-0.2, -0.15) is 10.2 Å². The van der Waals surface area contributed by atoms with Crippen LogP contribution in [0.3, 0.4) is 0 Å². The van der Waals surface area contributed by atoms with Crippen LogP contribution in [0.25, 0.3) is 11.6 Å². The molecule has 0 bridgehead atoms. The van der Waals surface area contributed by atoms with Gasteiger partial charge in [-0.15, -0.1) is 0 Å². The highest BCUT2D eigenvalue weighted by molar-refractivity contribution is 6.11. The molecule has 3 aromatic heterocycles. The monoisotopic (exact) mass is 308 g/mol. The number of pyridine rings is 1. The predicted molar refractivity (Wildman–Crippen MR) is 90.5 cm³/mol.